The number of carbonyl (C=O) groups is 1. The van der Waals surface area contributed by atoms with E-state index >= 15 is 0 Å². The van der Waals surface area contributed by atoms with E-state index in [9.17, 15) is 13.6 Å². The molecule has 0 aromatic rings. The fourth-order valence-corrected chi connectivity index (χ4v) is 2.18. The van der Waals surface area contributed by atoms with Gasteiger partial charge in [-0.3, -0.25) is 4.90 Å². The largest absolute Gasteiger partial charge is 0.444 e. The molecule has 21 heavy (non-hydrogen) atoms. The van der Waals surface area contributed by atoms with Crippen LogP contribution in [0.25, 0.3) is 0 Å². The number of nitrogens with zero attached hydrogens (tertiary/aromatic N) is 2. The summed E-state index contributed by atoms with van der Waals surface area (Å²) in [4.78, 5) is 15.6. The normalized spacial score (nSPS) is 18.9. The van der Waals surface area contributed by atoms with Crippen molar-refractivity contribution in [1.29, 1.82) is 0 Å². The van der Waals surface area contributed by atoms with Gasteiger partial charge in [0, 0.05) is 38.6 Å². The summed E-state index contributed by atoms with van der Waals surface area (Å²) in [5.41, 5.74) is 4.84. The van der Waals surface area contributed by atoms with E-state index < -0.39 is 17.9 Å². The molecule has 1 aliphatic rings. The number of rotatable bonds is 5. The van der Waals surface area contributed by atoms with Crippen LogP contribution in [0, 0.1) is 5.92 Å². The minimum atomic E-state index is -2.36. The maximum atomic E-state index is 12.6. The fourth-order valence-electron chi connectivity index (χ4n) is 2.18. The monoisotopic (exact) mass is 307 g/mol. The van der Waals surface area contributed by atoms with Crippen molar-refractivity contribution in [3.8, 4) is 0 Å². The molecule has 1 saturated heterocycles. The molecule has 1 unspecified atom stereocenters. The number of ether oxygens (including phenoxy) is 1. The summed E-state index contributed by atoms with van der Waals surface area (Å²) in [7, 11) is 0. The van der Waals surface area contributed by atoms with E-state index in [4.69, 9.17) is 10.5 Å². The first kappa shape index (κ1) is 18.1. The summed E-state index contributed by atoms with van der Waals surface area (Å²) in [5, 5.41) is 0. The number of carbonyl (C=O) groups excluding carboxylic acids is 1. The zero-order valence-corrected chi connectivity index (χ0v) is 13.1. The van der Waals surface area contributed by atoms with Gasteiger partial charge in [-0.25, -0.2) is 13.6 Å². The van der Waals surface area contributed by atoms with Gasteiger partial charge >= 0.3 is 6.09 Å². The third-order valence-electron chi connectivity index (χ3n) is 3.50. The van der Waals surface area contributed by atoms with Crippen molar-refractivity contribution in [2.75, 3.05) is 39.3 Å². The molecule has 124 valence electrons. The second kappa shape index (κ2) is 7.89. The summed E-state index contributed by atoms with van der Waals surface area (Å²) in [6.07, 6.45) is -2.28. The summed E-state index contributed by atoms with van der Waals surface area (Å²) < 4.78 is 30.5. The minimum absolute atomic E-state index is 0.00946. The number of piperazine rings is 1. The molecule has 0 aromatic heterocycles. The van der Waals surface area contributed by atoms with Gasteiger partial charge < -0.3 is 15.4 Å². The lowest BCUT2D eigenvalue weighted by molar-refractivity contribution is 0.0129. The molecule has 5 nitrogen and oxygen atoms in total. The van der Waals surface area contributed by atoms with Gasteiger partial charge in [0.2, 0.25) is 6.43 Å². The molecule has 7 heteroatoms. The molecule has 1 atom stereocenters. The predicted molar refractivity (Wildman–Crippen MR) is 77.4 cm³/mol. The van der Waals surface area contributed by atoms with Crippen molar-refractivity contribution in [3.05, 3.63) is 0 Å². The number of nitrogens with two attached hydrogens (primary N) is 1. The van der Waals surface area contributed by atoms with Crippen LogP contribution in [0.2, 0.25) is 0 Å². The summed E-state index contributed by atoms with van der Waals surface area (Å²) >= 11 is 0. The molecule has 0 radical (unpaired) electrons. The average molecular weight is 307 g/mol. The predicted octanol–water partition coefficient (Wildman–Crippen LogP) is 1.77. The van der Waals surface area contributed by atoms with Crippen LogP contribution in [-0.2, 0) is 4.74 Å². The fraction of sp³-hybridized carbons (Fsp3) is 0.929. The Hall–Kier alpha value is -0.950. The standard InChI is InChI=1S/C14H27F2N3O2/c1-14(2,3)21-13(20)19-8-6-18(7-9-19)5-4-11(10-17)12(15)16/h11-12H,4-10,17H2,1-3H3. The summed E-state index contributed by atoms with van der Waals surface area (Å²) in [6, 6.07) is 0. The third-order valence-corrected chi connectivity index (χ3v) is 3.50. The van der Waals surface area contributed by atoms with Crippen LogP contribution < -0.4 is 5.73 Å². The molecule has 0 saturated carbocycles. The molecule has 0 aliphatic carbocycles. The van der Waals surface area contributed by atoms with Gasteiger partial charge in [-0.15, -0.1) is 0 Å². The van der Waals surface area contributed by atoms with Gasteiger partial charge in [-0.05, 0) is 33.7 Å². The number of hydrogen-bond acceptors (Lipinski definition) is 4. The Morgan fingerprint density at radius 3 is 2.24 bits per heavy atom. The Kier molecular flexibility index (Phi) is 6.80. The molecule has 1 heterocycles. The van der Waals surface area contributed by atoms with Crippen LogP contribution >= 0.6 is 0 Å². The highest BCUT2D eigenvalue weighted by Crippen LogP contribution is 2.15. The highest BCUT2D eigenvalue weighted by atomic mass is 19.3. The van der Waals surface area contributed by atoms with Gasteiger partial charge in [0.25, 0.3) is 0 Å². The van der Waals surface area contributed by atoms with Crippen LogP contribution in [0.1, 0.15) is 27.2 Å². The third kappa shape index (κ3) is 6.56. The molecule has 1 rings (SSSR count). The van der Waals surface area contributed by atoms with Crippen LogP contribution in [0.3, 0.4) is 0 Å². The first-order chi connectivity index (χ1) is 9.73. The minimum Gasteiger partial charge on any atom is -0.444 e. The van der Waals surface area contributed by atoms with Gasteiger partial charge in [-0.2, -0.15) is 0 Å². The molecule has 0 aromatic carbocycles. The van der Waals surface area contributed by atoms with Gasteiger partial charge in [0.1, 0.15) is 5.60 Å². The molecule has 0 spiro atoms. The van der Waals surface area contributed by atoms with Crippen LogP contribution in [-0.4, -0.2) is 67.2 Å². The van der Waals surface area contributed by atoms with Crippen molar-refractivity contribution >= 4 is 6.09 Å². The Labute approximate surface area is 125 Å². The molecular formula is C14H27F2N3O2. The number of alkyl halides is 2. The van der Waals surface area contributed by atoms with Crippen molar-refractivity contribution in [1.82, 2.24) is 9.80 Å². The zero-order chi connectivity index (χ0) is 16.0. The van der Waals surface area contributed by atoms with Crippen molar-refractivity contribution in [2.45, 2.75) is 39.2 Å². The van der Waals surface area contributed by atoms with Crippen molar-refractivity contribution in [3.63, 3.8) is 0 Å². The highest BCUT2D eigenvalue weighted by Gasteiger charge is 2.26. The van der Waals surface area contributed by atoms with Crippen molar-refractivity contribution < 1.29 is 18.3 Å². The first-order valence-electron chi connectivity index (χ1n) is 7.41. The van der Waals surface area contributed by atoms with E-state index in [0.717, 1.165) is 0 Å². The number of amides is 1. The molecule has 1 fully saturated rings. The second-order valence-corrected chi connectivity index (χ2v) is 6.43. The van der Waals surface area contributed by atoms with E-state index in [1.165, 1.54) is 0 Å². The van der Waals surface area contributed by atoms with E-state index in [1.807, 2.05) is 20.8 Å². The molecular weight excluding hydrogens is 280 g/mol. The summed E-state index contributed by atoms with van der Waals surface area (Å²) in [5.74, 6) is -0.742. The number of hydrogen-bond donors (Lipinski definition) is 1. The van der Waals surface area contributed by atoms with Gasteiger partial charge in [-0.1, -0.05) is 0 Å². The van der Waals surface area contributed by atoms with Gasteiger partial charge in [0.05, 0.1) is 0 Å². The van der Waals surface area contributed by atoms with Crippen molar-refractivity contribution in [2.24, 2.45) is 11.7 Å². The molecule has 2 N–H and O–H groups in total. The molecule has 1 amide bonds. The second-order valence-electron chi connectivity index (χ2n) is 6.43. The maximum Gasteiger partial charge on any atom is 0.410 e. The Morgan fingerprint density at radius 1 is 1.24 bits per heavy atom. The Bertz CT molecular complexity index is 327. The van der Waals surface area contributed by atoms with Crippen LogP contribution in [0.4, 0.5) is 13.6 Å². The SMILES string of the molecule is CC(C)(C)OC(=O)N1CCN(CCC(CN)C(F)F)CC1. The van der Waals surface area contributed by atoms with Crippen LogP contribution in [0.5, 0.6) is 0 Å². The van der Waals surface area contributed by atoms with E-state index in [-0.39, 0.29) is 12.6 Å². The molecule has 0 bridgehead atoms. The smallest absolute Gasteiger partial charge is 0.410 e. The lowest BCUT2D eigenvalue weighted by atomic mass is 10.1. The van der Waals surface area contributed by atoms with E-state index in [1.54, 1.807) is 4.90 Å². The lowest BCUT2D eigenvalue weighted by Gasteiger charge is -2.36. The maximum absolute atomic E-state index is 12.6. The first-order valence-corrected chi connectivity index (χ1v) is 7.41. The zero-order valence-electron chi connectivity index (χ0n) is 13.1. The summed E-state index contributed by atoms with van der Waals surface area (Å²) in [6.45, 7) is 8.59. The average Bonchev–Trinajstić information content (AvgIpc) is 2.37. The quantitative estimate of drug-likeness (QED) is 0.841. The van der Waals surface area contributed by atoms with E-state index in [0.29, 0.717) is 39.1 Å². The lowest BCUT2D eigenvalue weighted by Crippen LogP contribution is -2.50. The Morgan fingerprint density at radius 2 is 1.81 bits per heavy atom. The highest BCUT2D eigenvalue weighted by molar-refractivity contribution is 5.68. The molecule has 1 aliphatic heterocycles. The van der Waals surface area contributed by atoms with Gasteiger partial charge in [0.15, 0.2) is 0 Å². The topological polar surface area (TPSA) is 58.8 Å². The number of halogens is 2. The van der Waals surface area contributed by atoms with E-state index in [2.05, 4.69) is 4.90 Å². The van der Waals surface area contributed by atoms with Crippen LogP contribution in [0.15, 0.2) is 0 Å². The Balaban J connectivity index is 2.30.